The van der Waals surface area contributed by atoms with Crippen molar-refractivity contribution in [2.45, 2.75) is 116 Å². The quantitative estimate of drug-likeness (QED) is 0.401. The fourth-order valence-electron chi connectivity index (χ4n) is 6.05. The lowest BCUT2D eigenvalue weighted by molar-refractivity contribution is -0.154. The lowest BCUT2D eigenvalue weighted by Gasteiger charge is -2.41. The minimum atomic E-state index is -0.789. The van der Waals surface area contributed by atoms with Gasteiger partial charge in [-0.05, 0) is 84.6 Å². The van der Waals surface area contributed by atoms with Crippen molar-refractivity contribution in [2.75, 3.05) is 0 Å². The summed E-state index contributed by atoms with van der Waals surface area (Å²) >= 11 is 1.51. The van der Waals surface area contributed by atoms with Crippen molar-refractivity contribution in [3.8, 4) is 10.4 Å². The fraction of sp³-hybridized carbons (Fsp3) is 0.645. The van der Waals surface area contributed by atoms with Crippen LogP contribution in [-0.2, 0) is 22.0 Å². The first-order chi connectivity index (χ1) is 17.4. The SMILES string of the molecule is CC1(C(=O)O)CC(NC(=O)c2nc(CC3CCCCC3)c(-c3cc(C(C)(C)C)cc(C4(C)CC4)c3)s2)C1. The molecule has 3 aliphatic rings. The highest BCUT2D eigenvalue weighted by atomic mass is 32.1. The molecule has 1 aromatic carbocycles. The predicted octanol–water partition coefficient (Wildman–Crippen LogP) is 7.27. The van der Waals surface area contributed by atoms with Gasteiger partial charge in [0.2, 0.25) is 0 Å². The number of thiazole rings is 1. The van der Waals surface area contributed by atoms with Gasteiger partial charge in [-0.2, -0.15) is 0 Å². The summed E-state index contributed by atoms with van der Waals surface area (Å²) in [5, 5.41) is 13.0. The van der Waals surface area contributed by atoms with E-state index < -0.39 is 11.4 Å². The molecule has 2 aromatic rings. The van der Waals surface area contributed by atoms with Gasteiger partial charge < -0.3 is 10.4 Å². The number of aliphatic carboxylic acids is 1. The molecule has 5 nitrogen and oxygen atoms in total. The monoisotopic (exact) mass is 522 g/mol. The molecule has 3 aliphatic carbocycles. The van der Waals surface area contributed by atoms with Crippen LogP contribution in [0, 0.1) is 11.3 Å². The average molecular weight is 523 g/mol. The summed E-state index contributed by atoms with van der Waals surface area (Å²) in [6.07, 6.45) is 10.7. The number of aromatic nitrogens is 1. The van der Waals surface area contributed by atoms with E-state index in [1.54, 1.807) is 6.92 Å². The molecule has 3 saturated carbocycles. The minimum absolute atomic E-state index is 0.0332. The van der Waals surface area contributed by atoms with E-state index in [4.69, 9.17) is 4.98 Å². The van der Waals surface area contributed by atoms with E-state index in [1.807, 2.05) is 0 Å². The molecule has 1 amide bonds. The van der Waals surface area contributed by atoms with Crippen molar-refractivity contribution >= 4 is 23.2 Å². The smallest absolute Gasteiger partial charge is 0.309 e. The van der Waals surface area contributed by atoms with E-state index >= 15 is 0 Å². The van der Waals surface area contributed by atoms with Crippen LogP contribution in [0.25, 0.3) is 10.4 Å². The maximum Gasteiger partial charge on any atom is 0.309 e. The molecule has 2 N–H and O–H groups in total. The first kappa shape index (κ1) is 26.4. The molecule has 3 fully saturated rings. The Hall–Kier alpha value is -2.21. The van der Waals surface area contributed by atoms with Gasteiger partial charge in [-0.15, -0.1) is 11.3 Å². The largest absolute Gasteiger partial charge is 0.481 e. The highest BCUT2D eigenvalue weighted by molar-refractivity contribution is 7.17. The van der Waals surface area contributed by atoms with Crippen molar-refractivity contribution in [3.05, 3.63) is 40.0 Å². The summed E-state index contributed by atoms with van der Waals surface area (Å²) in [7, 11) is 0. The number of nitrogens with one attached hydrogen (secondary N) is 1. The summed E-state index contributed by atoms with van der Waals surface area (Å²) < 4.78 is 0. The molecule has 0 atom stereocenters. The van der Waals surface area contributed by atoms with Gasteiger partial charge in [0.25, 0.3) is 5.91 Å². The second kappa shape index (κ2) is 9.52. The van der Waals surface area contributed by atoms with Crippen LogP contribution in [0.4, 0.5) is 0 Å². The van der Waals surface area contributed by atoms with Gasteiger partial charge in [-0.3, -0.25) is 9.59 Å². The van der Waals surface area contributed by atoms with Gasteiger partial charge in [-0.25, -0.2) is 4.98 Å². The number of benzene rings is 1. The molecule has 0 unspecified atom stereocenters. The molecule has 200 valence electrons. The maximum absolute atomic E-state index is 13.3. The molecule has 5 rings (SSSR count). The van der Waals surface area contributed by atoms with Crippen LogP contribution >= 0.6 is 11.3 Å². The number of amides is 1. The number of nitrogens with zero attached hydrogens (tertiary/aromatic N) is 1. The Balaban J connectivity index is 1.47. The Morgan fingerprint density at radius 1 is 1.08 bits per heavy atom. The number of carboxylic acids is 1. The Kier molecular flexibility index (Phi) is 6.79. The van der Waals surface area contributed by atoms with Gasteiger partial charge in [-0.1, -0.05) is 65.9 Å². The van der Waals surface area contributed by atoms with Crippen molar-refractivity contribution < 1.29 is 14.7 Å². The summed E-state index contributed by atoms with van der Waals surface area (Å²) in [5.41, 5.74) is 4.54. The van der Waals surface area contributed by atoms with E-state index in [-0.39, 0.29) is 22.8 Å². The maximum atomic E-state index is 13.3. The number of carboxylic acid groups (broad SMARTS) is 1. The molecular weight excluding hydrogens is 480 g/mol. The van der Waals surface area contributed by atoms with Crippen LogP contribution in [0.1, 0.15) is 119 Å². The Morgan fingerprint density at radius 3 is 2.35 bits per heavy atom. The van der Waals surface area contributed by atoms with Gasteiger partial charge in [0, 0.05) is 6.04 Å². The number of carbonyl (C=O) groups excluding carboxylic acids is 1. The topological polar surface area (TPSA) is 79.3 Å². The summed E-state index contributed by atoms with van der Waals surface area (Å²) in [6, 6.07) is 6.96. The molecule has 37 heavy (non-hydrogen) atoms. The summed E-state index contributed by atoms with van der Waals surface area (Å²) in [6.45, 7) is 10.9. The average Bonchev–Trinajstić information content (AvgIpc) is 3.44. The highest BCUT2D eigenvalue weighted by Crippen LogP contribution is 2.50. The Labute approximate surface area is 225 Å². The van der Waals surface area contributed by atoms with Crippen LogP contribution in [0.2, 0.25) is 0 Å². The summed E-state index contributed by atoms with van der Waals surface area (Å²) in [4.78, 5) is 30.8. The van der Waals surface area contributed by atoms with Crippen molar-refractivity contribution in [1.29, 1.82) is 0 Å². The molecule has 6 heteroatoms. The number of hydrogen-bond donors (Lipinski definition) is 2. The molecule has 1 aromatic heterocycles. The van der Waals surface area contributed by atoms with E-state index in [0.717, 1.165) is 17.0 Å². The van der Waals surface area contributed by atoms with E-state index in [9.17, 15) is 14.7 Å². The standard InChI is InChI=1S/C31H42N2O3S/c1-29(2,3)21-14-20(15-22(16-21)30(4)11-12-30)25-24(13-19-9-7-6-8-10-19)33-27(37-25)26(34)32-23-17-31(5,18-23)28(35)36/h14-16,19,23H,6-13,17-18H2,1-5H3,(H,32,34)(H,35,36). The number of carbonyl (C=O) groups is 2. The lowest BCUT2D eigenvalue weighted by atomic mass is 9.67. The molecule has 0 aliphatic heterocycles. The summed E-state index contributed by atoms with van der Waals surface area (Å²) in [5.74, 6) is -0.331. The van der Waals surface area contributed by atoms with Crippen LogP contribution in [0.3, 0.4) is 0 Å². The molecule has 1 heterocycles. The normalized spacial score (nSPS) is 25.4. The van der Waals surface area contributed by atoms with E-state index in [2.05, 4.69) is 51.2 Å². The molecule has 0 bridgehead atoms. The zero-order valence-corrected chi connectivity index (χ0v) is 23.9. The zero-order chi connectivity index (χ0) is 26.6. The number of hydrogen-bond acceptors (Lipinski definition) is 4. The van der Waals surface area contributed by atoms with Crippen molar-refractivity contribution in [1.82, 2.24) is 10.3 Å². The van der Waals surface area contributed by atoms with Crippen LogP contribution in [-0.4, -0.2) is 28.0 Å². The lowest BCUT2D eigenvalue weighted by Crippen LogP contribution is -2.52. The third kappa shape index (κ3) is 5.50. The zero-order valence-electron chi connectivity index (χ0n) is 23.1. The third-order valence-corrected chi connectivity index (χ3v) is 10.2. The molecule has 0 radical (unpaired) electrons. The molecular formula is C31H42N2O3S. The predicted molar refractivity (Wildman–Crippen MR) is 149 cm³/mol. The first-order valence-corrected chi connectivity index (χ1v) is 14.9. The van der Waals surface area contributed by atoms with Gasteiger partial charge >= 0.3 is 5.97 Å². The molecule has 0 spiro atoms. The van der Waals surface area contributed by atoms with E-state index in [0.29, 0.717) is 23.8 Å². The van der Waals surface area contributed by atoms with Gasteiger partial charge in [0.1, 0.15) is 0 Å². The first-order valence-electron chi connectivity index (χ1n) is 14.1. The Morgan fingerprint density at radius 2 is 1.76 bits per heavy atom. The second-order valence-electron chi connectivity index (χ2n) is 13.6. The van der Waals surface area contributed by atoms with Crippen molar-refractivity contribution in [2.24, 2.45) is 11.3 Å². The fourth-order valence-corrected chi connectivity index (χ4v) is 7.03. The third-order valence-electron chi connectivity index (χ3n) is 9.10. The van der Waals surface area contributed by atoms with Crippen molar-refractivity contribution in [3.63, 3.8) is 0 Å². The molecule has 0 saturated heterocycles. The second-order valence-corrected chi connectivity index (χ2v) is 14.6. The van der Waals surface area contributed by atoms with Gasteiger partial charge in [0.15, 0.2) is 5.01 Å². The van der Waals surface area contributed by atoms with Crippen LogP contribution in [0.15, 0.2) is 18.2 Å². The number of rotatable bonds is 7. The van der Waals surface area contributed by atoms with Crippen LogP contribution in [0.5, 0.6) is 0 Å². The minimum Gasteiger partial charge on any atom is -0.481 e. The van der Waals surface area contributed by atoms with Gasteiger partial charge in [0.05, 0.1) is 16.0 Å². The Bertz CT molecular complexity index is 1170. The highest BCUT2D eigenvalue weighted by Gasteiger charge is 2.47. The van der Waals surface area contributed by atoms with E-state index in [1.165, 1.54) is 73.0 Å². The van der Waals surface area contributed by atoms with Crippen LogP contribution < -0.4 is 5.32 Å².